The van der Waals surface area contributed by atoms with Crippen LogP contribution in [0.25, 0.3) is 0 Å². The van der Waals surface area contributed by atoms with Gasteiger partial charge in [-0.2, -0.15) is 0 Å². The normalized spacial score (nSPS) is 23.6. The third-order valence-electron chi connectivity index (χ3n) is 5.35. The number of hydrogen-bond donors (Lipinski definition) is 0. The molecule has 3 aromatic carbocycles. The summed E-state index contributed by atoms with van der Waals surface area (Å²) in [6.07, 6.45) is -0.932. The predicted octanol–water partition coefficient (Wildman–Crippen LogP) is 3.88. The molecule has 0 N–H and O–H groups in total. The van der Waals surface area contributed by atoms with Crippen LogP contribution >= 0.6 is 0 Å². The van der Waals surface area contributed by atoms with Crippen LogP contribution in [0, 0.1) is 11.7 Å². The minimum absolute atomic E-state index is 0.320. The third kappa shape index (κ3) is 2.80. The van der Waals surface area contributed by atoms with E-state index in [9.17, 15) is 14.0 Å². The number of carbonyl (C=O) groups is 2. The van der Waals surface area contributed by atoms with Crippen molar-refractivity contribution >= 4 is 23.2 Å². The average Bonchev–Trinajstić information content (AvgIpc) is 3.26. The quantitative estimate of drug-likeness (QED) is 0.639. The molecule has 2 fully saturated rings. The van der Waals surface area contributed by atoms with Crippen LogP contribution in [0.15, 0.2) is 84.9 Å². The van der Waals surface area contributed by atoms with Crippen LogP contribution in [-0.2, 0) is 14.4 Å². The number of carbonyl (C=O) groups excluding carboxylic acids is 2. The molecule has 2 aliphatic heterocycles. The molecule has 5 nitrogen and oxygen atoms in total. The molecule has 0 spiro atoms. The highest BCUT2D eigenvalue weighted by atomic mass is 19.1. The second-order valence-corrected chi connectivity index (χ2v) is 7.06. The molecule has 2 saturated heterocycles. The maximum absolute atomic E-state index is 13.5. The van der Waals surface area contributed by atoms with E-state index in [0.717, 1.165) is 5.69 Å². The summed E-state index contributed by atoms with van der Waals surface area (Å²) in [5, 5.41) is 1.60. The highest BCUT2D eigenvalue weighted by Gasteiger charge is 2.60. The van der Waals surface area contributed by atoms with E-state index >= 15 is 0 Å². The summed E-state index contributed by atoms with van der Waals surface area (Å²) in [5.74, 6) is -1.81. The van der Waals surface area contributed by atoms with E-state index in [1.807, 2.05) is 36.4 Å². The first-order chi connectivity index (χ1) is 14.1. The van der Waals surface area contributed by atoms with Gasteiger partial charge in [-0.05, 0) is 42.0 Å². The lowest BCUT2D eigenvalue weighted by atomic mass is 9.90. The topological polar surface area (TPSA) is 49.9 Å². The highest BCUT2D eigenvalue weighted by molar-refractivity contribution is 6.23. The highest BCUT2D eigenvalue weighted by Crippen LogP contribution is 2.47. The minimum Gasteiger partial charge on any atom is -0.273 e. The number of amides is 2. The molecule has 0 aliphatic carbocycles. The summed E-state index contributed by atoms with van der Waals surface area (Å²) in [6.45, 7) is 0. The Morgan fingerprint density at radius 1 is 0.724 bits per heavy atom. The van der Waals surface area contributed by atoms with Crippen molar-refractivity contribution in [3.8, 4) is 0 Å². The number of anilines is 2. The molecule has 0 bridgehead atoms. The Balaban J connectivity index is 1.59. The van der Waals surface area contributed by atoms with Crippen molar-refractivity contribution in [1.29, 1.82) is 0 Å². The van der Waals surface area contributed by atoms with Crippen molar-refractivity contribution in [2.75, 3.05) is 9.96 Å². The number of benzene rings is 3. The van der Waals surface area contributed by atoms with Gasteiger partial charge in [0.2, 0.25) is 5.91 Å². The minimum atomic E-state index is -0.932. The van der Waals surface area contributed by atoms with Crippen LogP contribution in [0.3, 0.4) is 0 Å². The lowest BCUT2D eigenvalue weighted by Crippen LogP contribution is -2.37. The zero-order chi connectivity index (χ0) is 20.0. The first-order valence-corrected chi connectivity index (χ1v) is 9.34. The Bertz CT molecular complexity index is 1060. The zero-order valence-corrected chi connectivity index (χ0v) is 15.3. The van der Waals surface area contributed by atoms with Crippen LogP contribution < -0.4 is 9.96 Å². The molecule has 5 rings (SSSR count). The second kappa shape index (κ2) is 6.83. The Hall–Kier alpha value is -3.51. The van der Waals surface area contributed by atoms with Crippen LogP contribution in [0.5, 0.6) is 0 Å². The Labute approximate surface area is 166 Å². The Kier molecular flexibility index (Phi) is 4.14. The molecular weight excluding hydrogens is 371 g/mol. The van der Waals surface area contributed by atoms with Crippen LogP contribution in [0.1, 0.15) is 11.6 Å². The van der Waals surface area contributed by atoms with Crippen molar-refractivity contribution in [3.05, 3.63) is 96.3 Å². The Morgan fingerprint density at radius 2 is 1.31 bits per heavy atom. The SMILES string of the molecule is O=C1[C@@H]2[C@@H](c3ccc(F)cc3)N(c3ccccc3)O[C@H]2C(=O)N1c1ccccc1. The molecule has 0 saturated carbocycles. The molecule has 3 atom stereocenters. The van der Waals surface area contributed by atoms with Gasteiger partial charge in [0.05, 0.1) is 17.4 Å². The lowest BCUT2D eigenvalue weighted by Gasteiger charge is -2.28. The number of rotatable bonds is 3. The van der Waals surface area contributed by atoms with Crippen molar-refractivity contribution in [2.24, 2.45) is 5.92 Å². The van der Waals surface area contributed by atoms with E-state index in [0.29, 0.717) is 11.3 Å². The van der Waals surface area contributed by atoms with Gasteiger partial charge in [0.1, 0.15) is 11.7 Å². The van der Waals surface area contributed by atoms with Crippen molar-refractivity contribution < 1.29 is 18.8 Å². The molecule has 144 valence electrons. The largest absolute Gasteiger partial charge is 0.273 e. The number of nitrogens with zero attached hydrogens (tertiary/aromatic N) is 2. The smallest absolute Gasteiger partial charge is 0.266 e. The number of halogens is 1. The number of para-hydroxylation sites is 2. The predicted molar refractivity (Wildman–Crippen MR) is 105 cm³/mol. The molecule has 29 heavy (non-hydrogen) atoms. The van der Waals surface area contributed by atoms with Crippen LogP contribution in [0.2, 0.25) is 0 Å². The van der Waals surface area contributed by atoms with Crippen molar-refractivity contribution in [3.63, 3.8) is 0 Å². The van der Waals surface area contributed by atoms with Crippen molar-refractivity contribution in [1.82, 2.24) is 0 Å². The molecule has 2 aliphatic rings. The summed E-state index contributed by atoms with van der Waals surface area (Å²) >= 11 is 0. The standard InChI is InChI=1S/C23H17FN2O3/c24-16-13-11-15(12-14-16)20-19-21(29-26(20)18-9-5-2-6-10-18)23(28)25(22(19)27)17-7-3-1-4-8-17/h1-14,19-21H/t19-,20-,21-/m1/s1. The average molecular weight is 388 g/mol. The van der Waals surface area contributed by atoms with Gasteiger partial charge in [-0.3, -0.25) is 14.4 Å². The van der Waals surface area contributed by atoms with E-state index < -0.39 is 24.0 Å². The van der Waals surface area contributed by atoms with Crippen LogP contribution in [-0.4, -0.2) is 17.9 Å². The number of hydrogen-bond acceptors (Lipinski definition) is 4. The summed E-state index contributed by atoms with van der Waals surface area (Å²) in [4.78, 5) is 33.7. The van der Waals surface area contributed by atoms with E-state index in [2.05, 4.69) is 0 Å². The van der Waals surface area contributed by atoms with Gasteiger partial charge < -0.3 is 0 Å². The summed E-state index contributed by atoms with van der Waals surface area (Å²) < 4.78 is 13.5. The summed E-state index contributed by atoms with van der Waals surface area (Å²) in [6, 6.07) is 23.5. The molecule has 3 aromatic rings. The fourth-order valence-corrected chi connectivity index (χ4v) is 4.04. The number of hydroxylamine groups is 1. The summed E-state index contributed by atoms with van der Waals surface area (Å²) in [5.41, 5.74) is 1.95. The first kappa shape index (κ1) is 17.6. The lowest BCUT2D eigenvalue weighted by molar-refractivity contribution is -0.126. The molecule has 2 heterocycles. The molecule has 0 unspecified atom stereocenters. The fraction of sp³-hybridized carbons (Fsp3) is 0.130. The van der Waals surface area contributed by atoms with Gasteiger partial charge in [0, 0.05) is 0 Å². The summed E-state index contributed by atoms with van der Waals surface area (Å²) in [7, 11) is 0. The van der Waals surface area contributed by atoms with Gasteiger partial charge in [-0.1, -0.05) is 48.5 Å². The molecular formula is C23H17FN2O3. The fourth-order valence-electron chi connectivity index (χ4n) is 4.04. The number of fused-ring (bicyclic) bond motifs is 1. The molecule has 2 amide bonds. The van der Waals surface area contributed by atoms with E-state index in [1.54, 1.807) is 41.5 Å². The monoisotopic (exact) mass is 388 g/mol. The van der Waals surface area contributed by atoms with Gasteiger partial charge >= 0.3 is 0 Å². The van der Waals surface area contributed by atoms with Gasteiger partial charge in [0.15, 0.2) is 6.10 Å². The molecule has 0 aromatic heterocycles. The Morgan fingerprint density at radius 3 is 1.93 bits per heavy atom. The van der Waals surface area contributed by atoms with Gasteiger partial charge in [-0.15, -0.1) is 0 Å². The maximum atomic E-state index is 13.5. The van der Waals surface area contributed by atoms with Gasteiger partial charge in [-0.25, -0.2) is 14.4 Å². The first-order valence-electron chi connectivity index (χ1n) is 9.34. The van der Waals surface area contributed by atoms with Crippen molar-refractivity contribution in [2.45, 2.75) is 12.1 Å². The van der Waals surface area contributed by atoms with Crippen LogP contribution in [0.4, 0.5) is 15.8 Å². The van der Waals surface area contributed by atoms with Gasteiger partial charge in [0.25, 0.3) is 5.91 Å². The zero-order valence-electron chi connectivity index (χ0n) is 15.3. The second-order valence-electron chi connectivity index (χ2n) is 7.06. The third-order valence-corrected chi connectivity index (χ3v) is 5.35. The van der Waals surface area contributed by atoms with E-state index in [-0.39, 0.29) is 11.7 Å². The molecule has 0 radical (unpaired) electrons. The maximum Gasteiger partial charge on any atom is 0.266 e. The van der Waals surface area contributed by atoms with E-state index in [1.165, 1.54) is 17.0 Å². The molecule has 6 heteroatoms. The van der Waals surface area contributed by atoms with E-state index in [4.69, 9.17) is 4.84 Å². The number of imide groups is 1.